The summed E-state index contributed by atoms with van der Waals surface area (Å²) < 4.78 is 27.5. The number of nitrogens with one attached hydrogen (secondary N) is 1. The molecule has 3 amide bonds. The molecule has 3 aliphatic rings. The highest BCUT2D eigenvalue weighted by molar-refractivity contribution is 6.05. The van der Waals surface area contributed by atoms with Gasteiger partial charge in [-0.1, -0.05) is 6.07 Å². The second kappa shape index (κ2) is 13.1. The molecule has 1 N–H and O–H groups in total. The van der Waals surface area contributed by atoms with Crippen LogP contribution >= 0.6 is 0 Å². The van der Waals surface area contributed by atoms with Crippen LogP contribution < -0.4 is 24.3 Å². The van der Waals surface area contributed by atoms with Crippen LogP contribution in [-0.4, -0.2) is 106 Å². The van der Waals surface area contributed by atoms with E-state index in [2.05, 4.69) is 10.2 Å². The Kier molecular flexibility index (Phi) is 9.10. The number of carbonyl (C=O) groups is 2. The molecule has 1 atom stereocenters. The number of nitrogens with zero attached hydrogens (tertiary/aromatic N) is 4. The Morgan fingerprint density at radius 3 is 2.63 bits per heavy atom. The van der Waals surface area contributed by atoms with Crippen molar-refractivity contribution < 1.29 is 33.3 Å². The summed E-state index contributed by atoms with van der Waals surface area (Å²) in [6.07, 6.45) is 0.447. The highest BCUT2D eigenvalue weighted by Gasteiger charge is 2.36. The lowest BCUT2D eigenvalue weighted by Crippen LogP contribution is -2.49. The molecule has 1 saturated heterocycles. The maximum absolute atomic E-state index is 13.9. The zero-order chi connectivity index (χ0) is 28.8. The number of carbonyl (C=O) groups excluding carboxylic acids is 2. The van der Waals surface area contributed by atoms with E-state index in [-0.39, 0.29) is 25.3 Å². The lowest BCUT2D eigenvalue weighted by molar-refractivity contribution is -0.133. The van der Waals surface area contributed by atoms with Gasteiger partial charge in [-0.3, -0.25) is 9.69 Å². The summed E-state index contributed by atoms with van der Waals surface area (Å²) in [5.41, 5.74) is 2.31. The van der Waals surface area contributed by atoms with Crippen LogP contribution in [0.2, 0.25) is 0 Å². The van der Waals surface area contributed by atoms with E-state index in [0.717, 1.165) is 24.2 Å². The molecule has 0 unspecified atom stereocenters. The first-order chi connectivity index (χ1) is 20.0. The smallest absolute Gasteiger partial charge is 0.317 e. The quantitative estimate of drug-likeness (QED) is 0.466. The van der Waals surface area contributed by atoms with Gasteiger partial charge in [-0.15, -0.1) is 0 Å². The van der Waals surface area contributed by atoms with Gasteiger partial charge in [0.15, 0.2) is 11.5 Å². The molecular weight excluding hydrogens is 530 g/mol. The number of hydrogen-bond donors (Lipinski definition) is 1. The molecule has 0 radical (unpaired) electrons. The Labute approximate surface area is 239 Å². The molecule has 0 spiro atoms. The van der Waals surface area contributed by atoms with Gasteiger partial charge in [0.05, 0.1) is 39.2 Å². The number of morpholine rings is 1. The average molecular weight is 568 g/mol. The third kappa shape index (κ3) is 6.49. The topological polar surface area (TPSA) is 114 Å². The minimum absolute atomic E-state index is 0.117. The molecule has 0 bridgehead atoms. The van der Waals surface area contributed by atoms with Crippen molar-refractivity contribution in [3.63, 3.8) is 0 Å². The molecule has 5 rings (SSSR count). The van der Waals surface area contributed by atoms with Gasteiger partial charge in [-0.2, -0.15) is 5.10 Å². The summed E-state index contributed by atoms with van der Waals surface area (Å²) in [7, 11) is 3.18. The predicted octanol–water partition coefficient (Wildman–Crippen LogP) is 2.47. The minimum Gasteiger partial charge on any atom is -0.497 e. The van der Waals surface area contributed by atoms with Crippen LogP contribution in [-0.2, 0) is 9.53 Å². The van der Waals surface area contributed by atoms with Gasteiger partial charge >= 0.3 is 6.03 Å². The number of ether oxygens (including phenoxy) is 5. The van der Waals surface area contributed by atoms with Crippen molar-refractivity contribution in [3.05, 3.63) is 47.5 Å². The van der Waals surface area contributed by atoms with Gasteiger partial charge in [-0.25, -0.2) is 9.80 Å². The highest BCUT2D eigenvalue weighted by atomic mass is 16.7. The summed E-state index contributed by atoms with van der Waals surface area (Å²) in [5.74, 6) is 2.25. The first-order valence-corrected chi connectivity index (χ1v) is 13.8. The van der Waals surface area contributed by atoms with E-state index in [0.29, 0.717) is 68.0 Å². The van der Waals surface area contributed by atoms with Gasteiger partial charge in [0, 0.05) is 50.8 Å². The van der Waals surface area contributed by atoms with Gasteiger partial charge in [0.2, 0.25) is 6.79 Å². The van der Waals surface area contributed by atoms with Crippen molar-refractivity contribution in [2.45, 2.75) is 19.4 Å². The van der Waals surface area contributed by atoms with E-state index >= 15 is 0 Å². The normalized spacial score (nSPS) is 18.2. The maximum atomic E-state index is 13.9. The van der Waals surface area contributed by atoms with E-state index in [1.807, 2.05) is 37.3 Å². The summed E-state index contributed by atoms with van der Waals surface area (Å²) in [6.45, 7) is 6.34. The van der Waals surface area contributed by atoms with Crippen LogP contribution in [0, 0.1) is 0 Å². The first-order valence-electron chi connectivity index (χ1n) is 13.8. The van der Waals surface area contributed by atoms with Crippen LogP contribution in [0.25, 0.3) is 0 Å². The summed E-state index contributed by atoms with van der Waals surface area (Å²) in [5, 5.41) is 9.13. The molecule has 0 saturated carbocycles. The van der Waals surface area contributed by atoms with E-state index in [1.165, 1.54) is 5.01 Å². The van der Waals surface area contributed by atoms with E-state index in [9.17, 15) is 9.59 Å². The molecule has 2 aromatic rings. The molecule has 1 fully saturated rings. The standard InChI is InChI=1S/C29H37N5O7/c1-4-30-29(36)33(10-9-32-11-13-39-14-12-32)18-28(35)34-24(20-5-8-25-27(15-20)41-19-40-25)17-23(31-34)22-7-6-21(37-2)16-26(22)38-3/h5-8,15-16,24H,4,9-14,17-19H2,1-3H3,(H,30,36)/t24-/m0/s1. The number of hydrazone groups is 1. The van der Waals surface area contributed by atoms with Crippen molar-refractivity contribution in [2.75, 3.05) is 73.5 Å². The van der Waals surface area contributed by atoms with E-state index < -0.39 is 6.04 Å². The fourth-order valence-corrected chi connectivity index (χ4v) is 5.16. The number of urea groups is 1. The van der Waals surface area contributed by atoms with Crippen LogP contribution in [0.5, 0.6) is 23.0 Å². The molecular formula is C29H37N5O7. The fraction of sp³-hybridized carbons (Fsp3) is 0.483. The van der Waals surface area contributed by atoms with Gasteiger partial charge in [0.1, 0.15) is 18.0 Å². The molecule has 12 heteroatoms. The van der Waals surface area contributed by atoms with Crippen molar-refractivity contribution in [1.82, 2.24) is 20.1 Å². The first kappa shape index (κ1) is 28.5. The van der Waals surface area contributed by atoms with E-state index in [4.69, 9.17) is 28.8 Å². The van der Waals surface area contributed by atoms with Gasteiger partial charge < -0.3 is 33.9 Å². The summed E-state index contributed by atoms with van der Waals surface area (Å²) in [6, 6.07) is 10.5. The number of rotatable bonds is 10. The SMILES string of the molecule is CCNC(=O)N(CCN1CCOCC1)CC(=O)N1N=C(c2ccc(OC)cc2OC)C[C@H]1c1ccc2c(c1)OCO2. The van der Waals surface area contributed by atoms with Gasteiger partial charge in [0.25, 0.3) is 5.91 Å². The van der Waals surface area contributed by atoms with Crippen LogP contribution in [0.4, 0.5) is 4.79 Å². The Bertz CT molecular complexity index is 1280. The summed E-state index contributed by atoms with van der Waals surface area (Å²) >= 11 is 0. The van der Waals surface area contributed by atoms with Gasteiger partial charge in [-0.05, 0) is 36.8 Å². The Hall–Kier alpha value is -4.03. The monoisotopic (exact) mass is 567 g/mol. The highest BCUT2D eigenvalue weighted by Crippen LogP contribution is 2.40. The number of benzene rings is 2. The molecule has 12 nitrogen and oxygen atoms in total. The lowest BCUT2D eigenvalue weighted by Gasteiger charge is -2.31. The third-order valence-electron chi connectivity index (χ3n) is 7.40. The fourth-order valence-electron chi connectivity index (χ4n) is 5.16. The van der Waals surface area contributed by atoms with Crippen molar-refractivity contribution in [2.24, 2.45) is 5.10 Å². The molecule has 220 valence electrons. The van der Waals surface area contributed by atoms with E-state index in [1.54, 1.807) is 25.2 Å². The van der Waals surface area contributed by atoms with Crippen molar-refractivity contribution >= 4 is 17.6 Å². The van der Waals surface area contributed by atoms with Crippen LogP contribution in [0.1, 0.15) is 30.5 Å². The molecule has 41 heavy (non-hydrogen) atoms. The summed E-state index contributed by atoms with van der Waals surface area (Å²) in [4.78, 5) is 30.7. The number of hydrogen-bond acceptors (Lipinski definition) is 9. The molecule has 2 aromatic carbocycles. The maximum Gasteiger partial charge on any atom is 0.317 e. The molecule has 3 aliphatic heterocycles. The van der Waals surface area contributed by atoms with Crippen LogP contribution in [0.3, 0.4) is 0 Å². The zero-order valence-electron chi connectivity index (χ0n) is 23.8. The second-order valence-corrected chi connectivity index (χ2v) is 9.89. The number of methoxy groups -OCH3 is 2. The molecule has 0 aromatic heterocycles. The number of fused-ring (bicyclic) bond motifs is 1. The molecule has 0 aliphatic carbocycles. The lowest BCUT2D eigenvalue weighted by atomic mass is 9.97. The molecule has 3 heterocycles. The zero-order valence-corrected chi connectivity index (χ0v) is 23.8. The minimum atomic E-state index is -0.408. The largest absolute Gasteiger partial charge is 0.497 e. The number of amides is 3. The Morgan fingerprint density at radius 1 is 1.07 bits per heavy atom. The average Bonchev–Trinajstić information content (AvgIpc) is 3.66. The Morgan fingerprint density at radius 2 is 1.88 bits per heavy atom. The van der Waals surface area contributed by atoms with Crippen LogP contribution in [0.15, 0.2) is 41.5 Å². The predicted molar refractivity (Wildman–Crippen MR) is 151 cm³/mol. The van der Waals surface area contributed by atoms with Crippen molar-refractivity contribution in [3.8, 4) is 23.0 Å². The van der Waals surface area contributed by atoms with Crippen molar-refractivity contribution in [1.29, 1.82) is 0 Å². The second-order valence-electron chi connectivity index (χ2n) is 9.89. The Balaban J connectivity index is 1.42. The third-order valence-corrected chi connectivity index (χ3v) is 7.40.